The lowest BCUT2D eigenvalue weighted by Gasteiger charge is -2.43. The van der Waals surface area contributed by atoms with E-state index in [4.69, 9.17) is 23.2 Å². The average Bonchev–Trinajstić information content (AvgIpc) is 3.21. The fraction of sp³-hybridized carbons (Fsp3) is 0.571. The van der Waals surface area contributed by atoms with E-state index >= 15 is 0 Å². The van der Waals surface area contributed by atoms with E-state index in [9.17, 15) is 0 Å². The highest BCUT2D eigenvalue weighted by atomic mass is 79.9. The van der Waals surface area contributed by atoms with Crippen LogP contribution in [0.3, 0.4) is 0 Å². The van der Waals surface area contributed by atoms with Gasteiger partial charge < -0.3 is 10.2 Å². The fourth-order valence-corrected chi connectivity index (χ4v) is 3.86. The molecule has 1 heterocycles. The van der Waals surface area contributed by atoms with E-state index < -0.39 is 0 Å². The molecular formula is C14H17BrCl2N2. The van der Waals surface area contributed by atoms with Crippen LogP contribution < -0.4 is 10.2 Å². The van der Waals surface area contributed by atoms with Crippen molar-refractivity contribution in [1.82, 2.24) is 5.32 Å². The zero-order valence-electron chi connectivity index (χ0n) is 10.8. The molecule has 1 atom stereocenters. The first-order valence-electron chi connectivity index (χ1n) is 6.65. The van der Waals surface area contributed by atoms with Gasteiger partial charge in [0, 0.05) is 29.6 Å². The van der Waals surface area contributed by atoms with Crippen LogP contribution in [-0.4, -0.2) is 25.2 Å². The molecule has 0 amide bonds. The summed E-state index contributed by atoms with van der Waals surface area (Å²) < 4.78 is 0.850. The molecule has 1 aromatic rings. The Morgan fingerprint density at radius 2 is 2.05 bits per heavy atom. The van der Waals surface area contributed by atoms with Crippen molar-refractivity contribution in [2.75, 3.05) is 24.5 Å². The number of piperazine rings is 1. The molecule has 5 heteroatoms. The van der Waals surface area contributed by atoms with Gasteiger partial charge in [-0.1, -0.05) is 23.2 Å². The van der Waals surface area contributed by atoms with Crippen molar-refractivity contribution in [3.63, 3.8) is 0 Å². The first-order chi connectivity index (χ1) is 9.01. The van der Waals surface area contributed by atoms with Crippen molar-refractivity contribution >= 4 is 44.8 Å². The van der Waals surface area contributed by atoms with Crippen LogP contribution in [0.5, 0.6) is 0 Å². The minimum absolute atomic E-state index is 0.209. The van der Waals surface area contributed by atoms with Crippen LogP contribution in [0.25, 0.3) is 0 Å². The molecule has 19 heavy (non-hydrogen) atoms. The third-order valence-corrected chi connectivity index (χ3v) is 6.02. The zero-order chi connectivity index (χ0) is 13.6. The quantitative estimate of drug-likeness (QED) is 0.786. The van der Waals surface area contributed by atoms with Gasteiger partial charge in [-0.25, -0.2) is 0 Å². The highest BCUT2D eigenvalue weighted by Crippen LogP contribution is 2.43. The smallest absolute Gasteiger partial charge is 0.0837 e. The standard InChI is InChI=1S/C14H17BrCl2N2/c1-14(9-2-3-9)8-19(7-6-18-14)11-5-4-10(15)12(16)13(11)17/h4-5,9,18H,2-3,6-8H2,1H3. The van der Waals surface area contributed by atoms with Gasteiger partial charge in [0.05, 0.1) is 15.7 Å². The van der Waals surface area contributed by atoms with Crippen LogP contribution in [0.15, 0.2) is 16.6 Å². The molecule has 104 valence electrons. The number of hydrogen-bond acceptors (Lipinski definition) is 2. The van der Waals surface area contributed by atoms with Gasteiger partial charge in [0.2, 0.25) is 0 Å². The predicted octanol–water partition coefficient (Wildman–Crippen LogP) is 4.33. The molecule has 2 nitrogen and oxygen atoms in total. The van der Waals surface area contributed by atoms with E-state index in [1.165, 1.54) is 12.8 Å². The summed E-state index contributed by atoms with van der Waals surface area (Å²) in [4.78, 5) is 2.36. The lowest BCUT2D eigenvalue weighted by molar-refractivity contribution is 0.285. The second-order valence-corrected chi connectivity index (χ2v) is 7.34. The molecule has 2 fully saturated rings. The van der Waals surface area contributed by atoms with Crippen LogP contribution >= 0.6 is 39.1 Å². The number of nitrogens with zero attached hydrogens (tertiary/aromatic N) is 1. The van der Waals surface area contributed by atoms with Gasteiger partial charge in [-0.3, -0.25) is 0 Å². The first kappa shape index (κ1) is 14.0. The van der Waals surface area contributed by atoms with Crippen LogP contribution in [0.4, 0.5) is 5.69 Å². The maximum Gasteiger partial charge on any atom is 0.0837 e. The summed E-state index contributed by atoms with van der Waals surface area (Å²) in [6.45, 7) is 5.29. The zero-order valence-corrected chi connectivity index (χ0v) is 13.9. The van der Waals surface area contributed by atoms with Crippen molar-refractivity contribution in [3.05, 3.63) is 26.7 Å². The second kappa shape index (κ2) is 5.10. The molecule has 2 aliphatic rings. The summed E-state index contributed by atoms with van der Waals surface area (Å²) in [7, 11) is 0. The SMILES string of the molecule is CC1(C2CC2)CN(c2ccc(Br)c(Cl)c2Cl)CCN1. The van der Waals surface area contributed by atoms with Crippen LogP contribution in [0, 0.1) is 5.92 Å². The van der Waals surface area contributed by atoms with Gasteiger partial charge in [-0.05, 0) is 53.7 Å². The van der Waals surface area contributed by atoms with Gasteiger partial charge in [0.15, 0.2) is 0 Å². The Kier molecular flexibility index (Phi) is 3.76. The maximum atomic E-state index is 6.40. The summed E-state index contributed by atoms with van der Waals surface area (Å²) in [6, 6.07) is 4.02. The predicted molar refractivity (Wildman–Crippen MR) is 85.5 cm³/mol. The third kappa shape index (κ3) is 2.63. The second-order valence-electron chi connectivity index (χ2n) is 5.73. The number of halogens is 3. The Hall–Kier alpha value is 0.0400. The molecule has 1 unspecified atom stereocenters. The van der Waals surface area contributed by atoms with Gasteiger partial charge in [-0.15, -0.1) is 0 Å². The normalized spacial score (nSPS) is 27.7. The maximum absolute atomic E-state index is 6.40. The Labute approximate surface area is 132 Å². The minimum atomic E-state index is 0.209. The van der Waals surface area contributed by atoms with Crippen molar-refractivity contribution in [2.45, 2.75) is 25.3 Å². The molecule has 0 radical (unpaired) electrons. The Morgan fingerprint density at radius 3 is 2.74 bits per heavy atom. The topological polar surface area (TPSA) is 15.3 Å². The van der Waals surface area contributed by atoms with E-state index in [1.54, 1.807) is 0 Å². The Morgan fingerprint density at radius 1 is 1.32 bits per heavy atom. The van der Waals surface area contributed by atoms with Gasteiger partial charge >= 0.3 is 0 Å². The number of nitrogens with one attached hydrogen (secondary N) is 1. The van der Waals surface area contributed by atoms with Gasteiger partial charge in [-0.2, -0.15) is 0 Å². The van der Waals surface area contributed by atoms with E-state index in [0.717, 1.165) is 35.7 Å². The molecule has 0 aromatic heterocycles. The molecule has 1 saturated heterocycles. The fourth-order valence-electron chi connectivity index (χ4n) is 2.97. The summed E-state index contributed by atoms with van der Waals surface area (Å²) in [5.74, 6) is 0.806. The molecular weight excluding hydrogens is 347 g/mol. The molecule has 1 aromatic carbocycles. The summed E-state index contributed by atoms with van der Waals surface area (Å²) in [6.07, 6.45) is 2.68. The average molecular weight is 364 g/mol. The van der Waals surface area contributed by atoms with E-state index in [1.807, 2.05) is 6.07 Å². The molecule has 1 N–H and O–H groups in total. The molecule has 0 spiro atoms. The lowest BCUT2D eigenvalue weighted by Crippen LogP contribution is -2.60. The number of anilines is 1. The molecule has 1 aliphatic heterocycles. The molecule has 3 rings (SSSR count). The first-order valence-corrected chi connectivity index (χ1v) is 8.19. The van der Waals surface area contributed by atoms with E-state index in [0.29, 0.717) is 10.0 Å². The summed E-state index contributed by atoms with van der Waals surface area (Å²) in [5.41, 5.74) is 1.25. The van der Waals surface area contributed by atoms with Crippen molar-refractivity contribution < 1.29 is 0 Å². The van der Waals surface area contributed by atoms with E-state index in [2.05, 4.69) is 39.1 Å². The van der Waals surface area contributed by atoms with Crippen LogP contribution in [0.1, 0.15) is 19.8 Å². The van der Waals surface area contributed by atoms with Crippen LogP contribution in [0.2, 0.25) is 10.0 Å². The molecule has 1 aliphatic carbocycles. The number of rotatable bonds is 2. The van der Waals surface area contributed by atoms with Crippen LogP contribution in [-0.2, 0) is 0 Å². The van der Waals surface area contributed by atoms with Gasteiger partial charge in [0.1, 0.15) is 0 Å². The summed E-state index contributed by atoms with van der Waals surface area (Å²) >= 11 is 16.0. The molecule has 0 bridgehead atoms. The number of benzene rings is 1. The highest BCUT2D eigenvalue weighted by Gasteiger charge is 2.44. The summed E-state index contributed by atoms with van der Waals surface area (Å²) in [5, 5.41) is 4.93. The lowest BCUT2D eigenvalue weighted by atomic mass is 9.92. The minimum Gasteiger partial charge on any atom is -0.367 e. The number of hydrogen-bond donors (Lipinski definition) is 1. The largest absolute Gasteiger partial charge is 0.367 e. The molecule has 1 saturated carbocycles. The van der Waals surface area contributed by atoms with Crippen molar-refractivity contribution in [1.29, 1.82) is 0 Å². The monoisotopic (exact) mass is 362 g/mol. The Balaban J connectivity index is 1.87. The van der Waals surface area contributed by atoms with Gasteiger partial charge in [0.25, 0.3) is 0 Å². The van der Waals surface area contributed by atoms with Crippen molar-refractivity contribution in [3.8, 4) is 0 Å². The van der Waals surface area contributed by atoms with E-state index in [-0.39, 0.29) is 5.54 Å². The highest BCUT2D eigenvalue weighted by molar-refractivity contribution is 9.10. The van der Waals surface area contributed by atoms with Crippen molar-refractivity contribution in [2.24, 2.45) is 5.92 Å². The third-order valence-electron chi connectivity index (χ3n) is 4.26. The Bertz CT molecular complexity index is 504.